The number of amides is 1. The number of para-hydroxylation sites is 1. The van der Waals surface area contributed by atoms with Crippen molar-refractivity contribution in [2.75, 3.05) is 18.0 Å². The lowest BCUT2D eigenvalue weighted by Gasteiger charge is -2.17. The summed E-state index contributed by atoms with van der Waals surface area (Å²) in [5.41, 5.74) is 2.97. The fourth-order valence-corrected chi connectivity index (χ4v) is 2.70. The van der Waals surface area contributed by atoms with E-state index in [0.29, 0.717) is 24.0 Å². The monoisotopic (exact) mass is 310 g/mol. The lowest BCUT2D eigenvalue weighted by molar-refractivity contribution is 0.0951. The molecule has 1 aliphatic heterocycles. The molecule has 1 N–H and O–H groups in total. The number of aromatic nitrogens is 2. The zero-order chi connectivity index (χ0) is 16.2. The average Bonchev–Trinajstić information content (AvgIpc) is 2.98. The van der Waals surface area contributed by atoms with E-state index in [1.807, 2.05) is 12.1 Å². The minimum Gasteiger partial charge on any atom is -0.352 e. The maximum absolute atomic E-state index is 12.1. The van der Waals surface area contributed by atoms with Gasteiger partial charge in [-0.2, -0.15) is 0 Å². The van der Waals surface area contributed by atoms with Crippen molar-refractivity contribution < 1.29 is 4.79 Å². The highest BCUT2D eigenvalue weighted by molar-refractivity contribution is 5.93. The number of fused-ring (bicyclic) bond motifs is 1. The largest absolute Gasteiger partial charge is 0.352 e. The van der Waals surface area contributed by atoms with E-state index in [1.54, 1.807) is 12.4 Å². The molecule has 0 saturated heterocycles. The summed E-state index contributed by atoms with van der Waals surface area (Å²) >= 11 is 0. The lowest BCUT2D eigenvalue weighted by Crippen LogP contribution is -2.26. The first-order chi connectivity index (χ1) is 11.1. The quantitative estimate of drug-likeness (QED) is 0.922. The molecule has 5 heteroatoms. The van der Waals surface area contributed by atoms with Crippen LogP contribution >= 0.6 is 0 Å². The summed E-state index contributed by atoms with van der Waals surface area (Å²) in [5.74, 6) is 1.11. The molecular formula is C18H22N4O. The van der Waals surface area contributed by atoms with Gasteiger partial charge < -0.3 is 10.2 Å². The molecule has 5 nitrogen and oxygen atoms in total. The highest BCUT2D eigenvalue weighted by Gasteiger charge is 2.21. The van der Waals surface area contributed by atoms with Gasteiger partial charge in [-0.05, 0) is 30.4 Å². The fraction of sp³-hybridized carbons (Fsp3) is 0.389. The Bertz CT molecular complexity index is 682. The molecule has 1 aromatic carbocycles. The Balaban J connectivity index is 1.67. The molecular weight excluding hydrogens is 288 g/mol. The van der Waals surface area contributed by atoms with E-state index in [0.717, 1.165) is 25.1 Å². The first-order valence-electron chi connectivity index (χ1n) is 8.11. The van der Waals surface area contributed by atoms with Crippen LogP contribution in [0.25, 0.3) is 0 Å². The van der Waals surface area contributed by atoms with Crippen molar-refractivity contribution >= 4 is 17.5 Å². The molecule has 0 unspecified atom stereocenters. The van der Waals surface area contributed by atoms with Crippen LogP contribution < -0.4 is 10.2 Å². The van der Waals surface area contributed by atoms with Crippen molar-refractivity contribution in [2.24, 2.45) is 5.92 Å². The van der Waals surface area contributed by atoms with E-state index < -0.39 is 0 Å². The van der Waals surface area contributed by atoms with E-state index in [4.69, 9.17) is 0 Å². The first kappa shape index (κ1) is 15.5. The molecule has 2 heterocycles. The van der Waals surface area contributed by atoms with Crippen LogP contribution in [0.2, 0.25) is 0 Å². The number of carbonyl (C=O) groups is 1. The fourth-order valence-electron chi connectivity index (χ4n) is 2.70. The molecule has 0 spiro atoms. The highest BCUT2D eigenvalue weighted by atomic mass is 16.1. The van der Waals surface area contributed by atoms with Gasteiger partial charge in [0.2, 0.25) is 5.95 Å². The maximum atomic E-state index is 12.1. The van der Waals surface area contributed by atoms with Crippen molar-refractivity contribution in [3.05, 3.63) is 47.8 Å². The van der Waals surface area contributed by atoms with Gasteiger partial charge in [-0.3, -0.25) is 4.79 Å². The summed E-state index contributed by atoms with van der Waals surface area (Å²) in [7, 11) is 0. The molecule has 0 radical (unpaired) electrons. The van der Waals surface area contributed by atoms with Gasteiger partial charge in [0.1, 0.15) is 0 Å². The molecule has 3 rings (SSSR count). The van der Waals surface area contributed by atoms with E-state index in [1.165, 1.54) is 5.56 Å². The molecule has 120 valence electrons. The topological polar surface area (TPSA) is 58.1 Å². The zero-order valence-corrected chi connectivity index (χ0v) is 13.6. The van der Waals surface area contributed by atoms with Gasteiger partial charge >= 0.3 is 0 Å². The van der Waals surface area contributed by atoms with Crippen LogP contribution in [0.5, 0.6) is 0 Å². The molecule has 1 amide bonds. The Hall–Kier alpha value is -2.43. The molecule has 0 aliphatic carbocycles. The van der Waals surface area contributed by atoms with Crippen molar-refractivity contribution in [3.63, 3.8) is 0 Å². The Morgan fingerprint density at radius 2 is 2.00 bits per heavy atom. The number of hydrogen-bond acceptors (Lipinski definition) is 4. The van der Waals surface area contributed by atoms with Gasteiger partial charge in [0.25, 0.3) is 5.91 Å². The predicted octanol–water partition coefficient (Wildman–Crippen LogP) is 2.95. The lowest BCUT2D eigenvalue weighted by atomic mass is 10.1. The minimum atomic E-state index is -0.112. The van der Waals surface area contributed by atoms with E-state index in [9.17, 15) is 4.79 Å². The molecule has 1 aromatic heterocycles. The normalized spacial score (nSPS) is 13.3. The van der Waals surface area contributed by atoms with Gasteiger partial charge in [0.15, 0.2) is 0 Å². The van der Waals surface area contributed by atoms with Gasteiger partial charge in [0.05, 0.1) is 5.56 Å². The number of anilines is 2. The molecule has 0 atom stereocenters. The van der Waals surface area contributed by atoms with Gasteiger partial charge in [-0.25, -0.2) is 9.97 Å². The predicted molar refractivity (Wildman–Crippen MR) is 91.0 cm³/mol. The Morgan fingerprint density at radius 1 is 1.26 bits per heavy atom. The molecule has 23 heavy (non-hydrogen) atoms. The van der Waals surface area contributed by atoms with Gasteiger partial charge in [0, 0.05) is 31.2 Å². The van der Waals surface area contributed by atoms with Crippen LogP contribution in [0.3, 0.4) is 0 Å². The number of hydrogen-bond donors (Lipinski definition) is 1. The second-order valence-corrected chi connectivity index (χ2v) is 6.24. The number of nitrogens with one attached hydrogen (secondary N) is 1. The van der Waals surface area contributed by atoms with E-state index >= 15 is 0 Å². The Morgan fingerprint density at radius 3 is 2.74 bits per heavy atom. The summed E-state index contributed by atoms with van der Waals surface area (Å²) < 4.78 is 0. The molecule has 2 aromatic rings. The van der Waals surface area contributed by atoms with Crippen molar-refractivity contribution in [3.8, 4) is 0 Å². The third-order valence-corrected chi connectivity index (χ3v) is 4.04. The standard InChI is InChI=1S/C18H22N4O/c1-13(2)7-9-19-17(23)15-11-20-18(21-12-15)22-10-8-14-5-3-4-6-16(14)22/h3-6,11-13H,7-10H2,1-2H3,(H,19,23). The Kier molecular flexibility index (Phi) is 4.55. The van der Waals surface area contributed by atoms with E-state index in [-0.39, 0.29) is 5.91 Å². The maximum Gasteiger partial charge on any atom is 0.254 e. The number of nitrogens with zero attached hydrogens (tertiary/aromatic N) is 3. The van der Waals surface area contributed by atoms with Crippen LogP contribution in [-0.4, -0.2) is 29.0 Å². The zero-order valence-electron chi connectivity index (χ0n) is 13.6. The third-order valence-electron chi connectivity index (χ3n) is 4.04. The molecule has 1 aliphatic rings. The van der Waals surface area contributed by atoms with Gasteiger partial charge in [-0.15, -0.1) is 0 Å². The molecule has 0 bridgehead atoms. The highest BCUT2D eigenvalue weighted by Crippen LogP contribution is 2.31. The molecule has 0 saturated carbocycles. The van der Waals surface area contributed by atoms with Crippen molar-refractivity contribution in [2.45, 2.75) is 26.7 Å². The van der Waals surface area contributed by atoms with Crippen LogP contribution in [0.15, 0.2) is 36.7 Å². The summed E-state index contributed by atoms with van der Waals surface area (Å²) in [5, 5.41) is 2.90. The molecule has 0 fully saturated rings. The smallest absolute Gasteiger partial charge is 0.254 e. The Labute approximate surface area is 136 Å². The van der Waals surface area contributed by atoms with Gasteiger partial charge in [-0.1, -0.05) is 32.0 Å². The third kappa shape index (κ3) is 3.50. The van der Waals surface area contributed by atoms with Crippen LogP contribution in [-0.2, 0) is 6.42 Å². The van der Waals surface area contributed by atoms with Crippen molar-refractivity contribution in [1.29, 1.82) is 0 Å². The summed E-state index contributed by atoms with van der Waals surface area (Å²) in [6, 6.07) is 8.28. The summed E-state index contributed by atoms with van der Waals surface area (Å²) in [4.78, 5) is 22.9. The summed E-state index contributed by atoms with van der Waals surface area (Å²) in [6.07, 6.45) is 5.17. The number of rotatable bonds is 5. The summed E-state index contributed by atoms with van der Waals surface area (Å²) in [6.45, 7) is 5.83. The minimum absolute atomic E-state index is 0.112. The van der Waals surface area contributed by atoms with Crippen LogP contribution in [0.1, 0.15) is 36.2 Å². The first-order valence-corrected chi connectivity index (χ1v) is 8.11. The second-order valence-electron chi connectivity index (χ2n) is 6.24. The number of carbonyl (C=O) groups excluding carboxylic acids is 1. The van der Waals surface area contributed by atoms with Crippen molar-refractivity contribution in [1.82, 2.24) is 15.3 Å². The second kappa shape index (κ2) is 6.77. The van der Waals surface area contributed by atoms with Crippen LogP contribution in [0, 0.1) is 5.92 Å². The van der Waals surface area contributed by atoms with E-state index in [2.05, 4.69) is 46.2 Å². The number of benzene rings is 1. The average molecular weight is 310 g/mol. The van der Waals surface area contributed by atoms with Crippen LogP contribution in [0.4, 0.5) is 11.6 Å². The SMILES string of the molecule is CC(C)CCNC(=O)c1cnc(N2CCc3ccccc32)nc1.